The smallest absolute Gasteiger partial charge is 0.243 e. The van der Waals surface area contributed by atoms with Crippen molar-refractivity contribution in [2.75, 3.05) is 12.3 Å². The minimum absolute atomic E-state index is 0.00862. The summed E-state index contributed by atoms with van der Waals surface area (Å²) in [5.41, 5.74) is 9.59. The molecule has 1 saturated heterocycles. The van der Waals surface area contributed by atoms with Gasteiger partial charge in [-0.2, -0.15) is 0 Å². The zero-order valence-corrected chi connectivity index (χ0v) is 17.1. The van der Waals surface area contributed by atoms with Crippen LogP contribution in [0.1, 0.15) is 55.8 Å². The first-order valence-corrected chi connectivity index (χ1v) is 9.93. The number of nitrogens with two attached hydrogens (primary N) is 1. The summed E-state index contributed by atoms with van der Waals surface area (Å²) in [6.07, 6.45) is -1.19. The Morgan fingerprint density at radius 2 is 1.72 bits per heavy atom. The van der Waals surface area contributed by atoms with E-state index in [-0.39, 0.29) is 24.8 Å². The van der Waals surface area contributed by atoms with Crippen molar-refractivity contribution in [3.63, 3.8) is 0 Å². The van der Waals surface area contributed by atoms with E-state index in [0.29, 0.717) is 11.6 Å². The fraction of sp³-hybridized carbons (Fsp3) is 0.391. The van der Waals surface area contributed by atoms with Crippen LogP contribution in [0.2, 0.25) is 0 Å². The summed E-state index contributed by atoms with van der Waals surface area (Å²) < 4.78 is 13.9. The van der Waals surface area contributed by atoms with Gasteiger partial charge in [0, 0.05) is 24.6 Å². The van der Waals surface area contributed by atoms with Crippen molar-refractivity contribution >= 4 is 17.5 Å². The molecule has 0 spiro atoms. The molecule has 3 N–H and O–H groups in total. The number of halogens is 1. The van der Waals surface area contributed by atoms with E-state index in [2.05, 4.69) is 19.2 Å². The minimum Gasteiger partial charge on any atom is -0.398 e. The largest absolute Gasteiger partial charge is 0.398 e. The number of rotatable bonds is 5. The number of carbonyl (C=O) groups excluding carboxylic acids is 2. The maximum absolute atomic E-state index is 13.9. The molecule has 1 aliphatic heterocycles. The highest BCUT2D eigenvalue weighted by Gasteiger charge is 2.39. The van der Waals surface area contributed by atoms with Gasteiger partial charge in [-0.05, 0) is 23.1 Å². The SMILES string of the molecule is CC(=O)N1C[C@H](F)C[C@H]1C(=O)N[C@H](c1ccc(C(C)C)cc1)c1ccccc1N. The number of para-hydroxylation sites is 1. The standard InChI is InChI=1S/C23H28FN3O2/c1-14(2)16-8-10-17(11-9-16)22(19-6-4-5-7-20(19)25)26-23(29)21-12-18(24)13-27(21)15(3)28/h4-11,14,18,21-22H,12-13,25H2,1-3H3,(H,26,29)/t18-,21+,22-/m1/s1. The lowest BCUT2D eigenvalue weighted by Gasteiger charge is -2.27. The fourth-order valence-electron chi connectivity index (χ4n) is 3.81. The van der Waals surface area contributed by atoms with E-state index < -0.39 is 18.3 Å². The molecule has 2 aromatic rings. The molecule has 0 unspecified atom stereocenters. The summed E-state index contributed by atoms with van der Waals surface area (Å²) in [5.74, 6) is -0.285. The maximum Gasteiger partial charge on any atom is 0.243 e. The van der Waals surface area contributed by atoms with Gasteiger partial charge in [-0.3, -0.25) is 9.59 Å². The second kappa shape index (κ2) is 8.64. The molecule has 0 aromatic heterocycles. The molecule has 2 amide bonds. The fourth-order valence-corrected chi connectivity index (χ4v) is 3.81. The molecule has 5 nitrogen and oxygen atoms in total. The Labute approximate surface area is 171 Å². The van der Waals surface area contributed by atoms with Crippen LogP contribution in [-0.2, 0) is 9.59 Å². The quantitative estimate of drug-likeness (QED) is 0.758. The molecule has 3 rings (SSSR count). The number of hydrogen-bond donors (Lipinski definition) is 2. The lowest BCUT2D eigenvalue weighted by molar-refractivity contribution is -0.137. The average Bonchev–Trinajstić information content (AvgIpc) is 3.09. The highest BCUT2D eigenvalue weighted by molar-refractivity contribution is 5.88. The number of likely N-dealkylation sites (tertiary alicyclic amines) is 1. The van der Waals surface area contributed by atoms with Crippen molar-refractivity contribution in [1.82, 2.24) is 10.2 Å². The number of alkyl halides is 1. The van der Waals surface area contributed by atoms with Gasteiger partial charge < -0.3 is 16.0 Å². The second-order valence-corrected chi connectivity index (χ2v) is 7.91. The molecule has 0 radical (unpaired) electrons. The Morgan fingerprint density at radius 1 is 1.10 bits per heavy atom. The number of amides is 2. The summed E-state index contributed by atoms with van der Waals surface area (Å²) in [6.45, 7) is 5.55. The zero-order chi connectivity index (χ0) is 21.1. The van der Waals surface area contributed by atoms with Crippen LogP contribution in [0.3, 0.4) is 0 Å². The third-order valence-corrected chi connectivity index (χ3v) is 5.49. The van der Waals surface area contributed by atoms with Gasteiger partial charge in [0.15, 0.2) is 0 Å². The first-order valence-electron chi connectivity index (χ1n) is 9.93. The van der Waals surface area contributed by atoms with Crippen molar-refractivity contribution in [2.24, 2.45) is 0 Å². The Bertz CT molecular complexity index is 882. The lowest BCUT2D eigenvalue weighted by Crippen LogP contribution is -2.46. The van der Waals surface area contributed by atoms with Crippen LogP contribution in [0.25, 0.3) is 0 Å². The number of nitrogens with one attached hydrogen (secondary N) is 1. The van der Waals surface area contributed by atoms with Gasteiger partial charge in [0.1, 0.15) is 12.2 Å². The second-order valence-electron chi connectivity index (χ2n) is 7.91. The predicted octanol–water partition coefficient (Wildman–Crippen LogP) is 3.56. The first-order chi connectivity index (χ1) is 13.8. The van der Waals surface area contributed by atoms with Gasteiger partial charge in [-0.1, -0.05) is 56.3 Å². The summed E-state index contributed by atoms with van der Waals surface area (Å²) in [5, 5.41) is 3.01. The van der Waals surface area contributed by atoms with Crippen LogP contribution in [0, 0.1) is 0 Å². The molecule has 154 valence electrons. The van der Waals surface area contributed by atoms with Crippen LogP contribution in [0.4, 0.5) is 10.1 Å². The molecule has 0 bridgehead atoms. The van der Waals surface area contributed by atoms with Gasteiger partial charge in [-0.25, -0.2) is 4.39 Å². The van der Waals surface area contributed by atoms with Crippen LogP contribution in [0.15, 0.2) is 48.5 Å². The lowest BCUT2D eigenvalue weighted by atomic mass is 9.94. The molecule has 0 saturated carbocycles. The number of nitrogens with zero attached hydrogens (tertiary/aromatic N) is 1. The van der Waals surface area contributed by atoms with Gasteiger partial charge in [0.2, 0.25) is 11.8 Å². The number of nitrogen functional groups attached to an aromatic ring is 1. The van der Waals surface area contributed by atoms with Crippen molar-refractivity contribution in [1.29, 1.82) is 0 Å². The Balaban J connectivity index is 1.92. The van der Waals surface area contributed by atoms with Gasteiger partial charge in [0.05, 0.1) is 12.6 Å². The molecule has 1 aliphatic rings. The van der Waals surface area contributed by atoms with Crippen molar-refractivity contribution in [3.05, 3.63) is 65.2 Å². The van der Waals surface area contributed by atoms with Crippen LogP contribution in [-0.4, -0.2) is 35.5 Å². The molecule has 29 heavy (non-hydrogen) atoms. The van der Waals surface area contributed by atoms with Gasteiger partial charge >= 0.3 is 0 Å². The molecular weight excluding hydrogens is 369 g/mol. The Hall–Kier alpha value is -2.89. The Morgan fingerprint density at radius 3 is 2.31 bits per heavy atom. The number of hydrogen-bond acceptors (Lipinski definition) is 3. The average molecular weight is 397 g/mol. The third kappa shape index (κ3) is 4.58. The zero-order valence-electron chi connectivity index (χ0n) is 17.1. The highest BCUT2D eigenvalue weighted by atomic mass is 19.1. The van der Waals surface area contributed by atoms with Crippen LogP contribution in [0.5, 0.6) is 0 Å². The normalized spacial score (nSPS) is 20.0. The summed E-state index contributed by atoms with van der Waals surface area (Å²) >= 11 is 0. The number of carbonyl (C=O) groups is 2. The summed E-state index contributed by atoms with van der Waals surface area (Å²) in [4.78, 5) is 26.2. The molecule has 6 heteroatoms. The monoisotopic (exact) mass is 397 g/mol. The van der Waals surface area contributed by atoms with E-state index in [9.17, 15) is 14.0 Å². The molecular formula is C23H28FN3O2. The maximum atomic E-state index is 13.9. The number of benzene rings is 2. The highest BCUT2D eigenvalue weighted by Crippen LogP contribution is 2.29. The van der Waals surface area contributed by atoms with Crippen molar-refractivity contribution < 1.29 is 14.0 Å². The van der Waals surface area contributed by atoms with E-state index in [0.717, 1.165) is 11.1 Å². The molecule has 3 atom stereocenters. The molecule has 0 aliphatic carbocycles. The molecule has 1 fully saturated rings. The van der Waals surface area contributed by atoms with Crippen LogP contribution < -0.4 is 11.1 Å². The third-order valence-electron chi connectivity index (χ3n) is 5.49. The Kier molecular flexibility index (Phi) is 6.20. The summed E-state index contributed by atoms with van der Waals surface area (Å²) in [6, 6.07) is 14.1. The van der Waals surface area contributed by atoms with E-state index in [4.69, 9.17) is 5.73 Å². The van der Waals surface area contributed by atoms with Crippen LogP contribution >= 0.6 is 0 Å². The molecule has 1 heterocycles. The summed E-state index contributed by atoms with van der Waals surface area (Å²) in [7, 11) is 0. The van der Waals surface area contributed by atoms with Gasteiger partial charge in [0.25, 0.3) is 0 Å². The van der Waals surface area contributed by atoms with E-state index in [1.54, 1.807) is 6.07 Å². The predicted molar refractivity (Wildman–Crippen MR) is 112 cm³/mol. The minimum atomic E-state index is -1.19. The van der Waals surface area contributed by atoms with E-state index in [1.165, 1.54) is 17.4 Å². The van der Waals surface area contributed by atoms with Gasteiger partial charge in [-0.15, -0.1) is 0 Å². The number of anilines is 1. The topological polar surface area (TPSA) is 75.4 Å². The first kappa shape index (κ1) is 20.8. The van der Waals surface area contributed by atoms with E-state index >= 15 is 0 Å². The molecule has 2 aromatic carbocycles. The van der Waals surface area contributed by atoms with Crippen molar-refractivity contribution in [2.45, 2.75) is 51.4 Å². The van der Waals surface area contributed by atoms with Crippen molar-refractivity contribution in [3.8, 4) is 0 Å². The van der Waals surface area contributed by atoms with E-state index in [1.807, 2.05) is 42.5 Å².